The Morgan fingerprint density at radius 3 is 2.39 bits per heavy atom. The van der Waals surface area contributed by atoms with Crippen molar-refractivity contribution in [1.82, 2.24) is 9.80 Å². The van der Waals surface area contributed by atoms with Crippen molar-refractivity contribution in [1.29, 1.82) is 0 Å². The number of fused-ring (bicyclic) bond motifs is 1. The first-order valence-electron chi connectivity index (χ1n) is 11.0. The minimum Gasteiger partial charge on any atom is -0.503 e. The van der Waals surface area contributed by atoms with Gasteiger partial charge in [-0.05, 0) is 56.9 Å². The molecule has 2 aromatic carbocycles. The summed E-state index contributed by atoms with van der Waals surface area (Å²) in [6, 6.07) is 16.0. The van der Waals surface area contributed by atoms with E-state index in [4.69, 9.17) is 4.42 Å². The first kappa shape index (κ1) is 22.6. The molecule has 1 aliphatic rings. The van der Waals surface area contributed by atoms with Gasteiger partial charge in [0.25, 0.3) is 5.91 Å². The van der Waals surface area contributed by atoms with Crippen molar-refractivity contribution in [2.24, 2.45) is 0 Å². The van der Waals surface area contributed by atoms with Crippen LogP contribution in [0.5, 0.6) is 0 Å². The second-order valence-electron chi connectivity index (χ2n) is 8.78. The fourth-order valence-corrected chi connectivity index (χ4v) is 4.20. The molecule has 0 spiro atoms. The standard InChI is InChI=1S/C26H29N3O4/c1-27(2)14-7-15-29-23(17-10-12-19(13-11-17)28(3)4)22(25(31)26(29)32)24(30)21-16-18-8-5-6-9-20(18)33-21/h5-6,8-13,16,23,31H,7,14-15H2,1-4H3. The zero-order valence-corrected chi connectivity index (χ0v) is 19.4. The molecule has 0 saturated heterocycles. The van der Waals surface area contributed by atoms with Crippen molar-refractivity contribution in [3.8, 4) is 0 Å². The summed E-state index contributed by atoms with van der Waals surface area (Å²) in [5, 5.41) is 11.6. The number of amides is 1. The number of aliphatic hydroxyl groups excluding tert-OH is 1. The van der Waals surface area contributed by atoms with Crippen molar-refractivity contribution in [2.45, 2.75) is 12.5 Å². The van der Waals surface area contributed by atoms with Crippen LogP contribution in [-0.4, -0.2) is 67.9 Å². The van der Waals surface area contributed by atoms with E-state index in [1.807, 2.05) is 80.5 Å². The number of hydrogen-bond donors (Lipinski definition) is 1. The molecule has 1 aliphatic heterocycles. The highest BCUT2D eigenvalue weighted by Crippen LogP contribution is 2.40. The van der Waals surface area contributed by atoms with Crippen LogP contribution in [0.2, 0.25) is 0 Å². The van der Waals surface area contributed by atoms with E-state index in [1.165, 1.54) is 0 Å². The summed E-state index contributed by atoms with van der Waals surface area (Å²) in [5.41, 5.74) is 2.41. The van der Waals surface area contributed by atoms with Gasteiger partial charge in [0.05, 0.1) is 11.6 Å². The van der Waals surface area contributed by atoms with Crippen LogP contribution < -0.4 is 4.90 Å². The number of nitrogens with zero attached hydrogens (tertiary/aromatic N) is 3. The van der Waals surface area contributed by atoms with Crippen LogP contribution in [0, 0.1) is 0 Å². The Morgan fingerprint density at radius 1 is 1.06 bits per heavy atom. The molecular weight excluding hydrogens is 418 g/mol. The minimum atomic E-state index is -0.684. The van der Waals surface area contributed by atoms with Crippen molar-refractivity contribution in [2.75, 3.05) is 46.2 Å². The van der Waals surface area contributed by atoms with Crippen LogP contribution >= 0.6 is 0 Å². The Labute approximate surface area is 193 Å². The molecule has 1 aromatic heterocycles. The molecular formula is C26H29N3O4. The van der Waals surface area contributed by atoms with Crippen molar-refractivity contribution >= 4 is 28.3 Å². The molecule has 1 atom stereocenters. The van der Waals surface area contributed by atoms with Crippen molar-refractivity contribution in [3.63, 3.8) is 0 Å². The fraction of sp³-hybridized carbons (Fsp3) is 0.308. The SMILES string of the molecule is CN(C)CCCN1C(=O)C(O)=C(C(=O)c2cc3ccccc3o2)C1c1ccc(N(C)C)cc1. The van der Waals surface area contributed by atoms with E-state index in [9.17, 15) is 14.7 Å². The first-order valence-corrected chi connectivity index (χ1v) is 11.0. The van der Waals surface area contributed by atoms with Gasteiger partial charge in [0, 0.05) is 31.7 Å². The van der Waals surface area contributed by atoms with Gasteiger partial charge in [-0.25, -0.2) is 0 Å². The molecule has 1 amide bonds. The summed E-state index contributed by atoms with van der Waals surface area (Å²) < 4.78 is 5.77. The zero-order chi connectivity index (χ0) is 23.7. The molecule has 0 bridgehead atoms. The number of aliphatic hydroxyl groups is 1. The lowest BCUT2D eigenvalue weighted by Crippen LogP contribution is -2.33. The Morgan fingerprint density at radius 2 is 1.76 bits per heavy atom. The maximum absolute atomic E-state index is 13.6. The summed E-state index contributed by atoms with van der Waals surface area (Å²) in [5.74, 6) is -1.41. The molecule has 7 heteroatoms. The quantitative estimate of drug-likeness (QED) is 0.526. The molecule has 0 fully saturated rings. The largest absolute Gasteiger partial charge is 0.503 e. The number of benzene rings is 2. The average Bonchev–Trinajstić information content (AvgIpc) is 3.33. The van der Waals surface area contributed by atoms with Gasteiger partial charge in [-0.15, -0.1) is 0 Å². The molecule has 2 heterocycles. The van der Waals surface area contributed by atoms with Crippen LogP contribution in [0.4, 0.5) is 5.69 Å². The van der Waals surface area contributed by atoms with Gasteiger partial charge in [0.15, 0.2) is 11.5 Å². The number of para-hydroxylation sites is 1. The Kier molecular flexibility index (Phi) is 6.24. The second kappa shape index (κ2) is 9.11. The van der Waals surface area contributed by atoms with Crippen LogP contribution in [0.3, 0.4) is 0 Å². The third-order valence-corrected chi connectivity index (χ3v) is 5.93. The molecule has 0 aliphatic carbocycles. The van der Waals surface area contributed by atoms with E-state index < -0.39 is 23.5 Å². The van der Waals surface area contributed by atoms with E-state index >= 15 is 0 Å². The maximum atomic E-state index is 13.6. The summed E-state index contributed by atoms with van der Waals surface area (Å²) >= 11 is 0. The molecule has 1 N–H and O–H groups in total. The lowest BCUT2D eigenvalue weighted by molar-refractivity contribution is -0.129. The van der Waals surface area contributed by atoms with Crippen LogP contribution in [0.1, 0.15) is 28.6 Å². The van der Waals surface area contributed by atoms with Gasteiger partial charge >= 0.3 is 0 Å². The highest BCUT2D eigenvalue weighted by Gasteiger charge is 2.44. The van der Waals surface area contributed by atoms with Gasteiger partial charge in [-0.1, -0.05) is 30.3 Å². The second-order valence-corrected chi connectivity index (χ2v) is 8.78. The van der Waals surface area contributed by atoms with E-state index in [0.29, 0.717) is 18.5 Å². The normalized spacial score (nSPS) is 16.3. The van der Waals surface area contributed by atoms with E-state index in [0.717, 1.165) is 23.2 Å². The predicted octanol–water partition coefficient (Wildman–Crippen LogP) is 4.03. The van der Waals surface area contributed by atoms with E-state index in [-0.39, 0.29) is 11.3 Å². The summed E-state index contributed by atoms with van der Waals surface area (Å²) in [6.07, 6.45) is 0.713. The lowest BCUT2D eigenvalue weighted by atomic mass is 9.94. The number of hydrogen-bond acceptors (Lipinski definition) is 6. The van der Waals surface area contributed by atoms with E-state index in [2.05, 4.69) is 0 Å². The zero-order valence-electron chi connectivity index (χ0n) is 19.4. The summed E-state index contributed by atoms with van der Waals surface area (Å²) in [7, 11) is 7.83. The molecule has 1 unspecified atom stereocenters. The number of carbonyl (C=O) groups excluding carboxylic acids is 2. The van der Waals surface area contributed by atoms with Gasteiger partial charge < -0.3 is 24.2 Å². The molecule has 33 heavy (non-hydrogen) atoms. The number of anilines is 1. The topological polar surface area (TPSA) is 77.2 Å². The first-order chi connectivity index (χ1) is 15.8. The molecule has 0 saturated carbocycles. The third kappa shape index (κ3) is 4.36. The number of furan rings is 1. The molecule has 172 valence electrons. The van der Waals surface area contributed by atoms with E-state index in [1.54, 1.807) is 17.0 Å². The highest BCUT2D eigenvalue weighted by molar-refractivity contribution is 6.16. The Balaban J connectivity index is 1.74. The van der Waals surface area contributed by atoms with Crippen molar-refractivity contribution < 1.29 is 19.1 Å². The van der Waals surface area contributed by atoms with Gasteiger partial charge in [-0.3, -0.25) is 9.59 Å². The third-order valence-electron chi connectivity index (χ3n) is 5.93. The monoisotopic (exact) mass is 447 g/mol. The summed E-state index contributed by atoms with van der Waals surface area (Å²) in [4.78, 5) is 32.2. The number of carbonyl (C=O) groups is 2. The maximum Gasteiger partial charge on any atom is 0.290 e. The van der Waals surface area contributed by atoms with Gasteiger partial charge in [0.1, 0.15) is 5.58 Å². The molecule has 4 rings (SSSR count). The predicted molar refractivity (Wildman–Crippen MR) is 129 cm³/mol. The Bertz CT molecular complexity index is 1170. The summed E-state index contributed by atoms with van der Waals surface area (Å²) in [6.45, 7) is 1.20. The highest BCUT2D eigenvalue weighted by atomic mass is 16.3. The fourth-order valence-electron chi connectivity index (χ4n) is 4.20. The number of Topliss-reactive ketones (excluding diaryl/α,β-unsaturated/α-hetero) is 1. The van der Waals surface area contributed by atoms with Crippen LogP contribution in [0.15, 0.2) is 70.3 Å². The molecule has 3 aromatic rings. The minimum absolute atomic E-state index is 0.0570. The number of rotatable bonds is 8. The lowest BCUT2D eigenvalue weighted by Gasteiger charge is -2.27. The van der Waals surface area contributed by atoms with Crippen LogP contribution in [0.25, 0.3) is 11.0 Å². The Hall–Kier alpha value is -3.58. The van der Waals surface area contributed by atoms with Crippen LogP contribution in [-0.2, 0) is 4.79 Å². The number of ketones is 1. The molecule has 7 nitrogen and oxygen atoms in total. The molecule has 0 radical (unpaired) electrons. The average molecular weight is 448 g/mol. The van der Waals surface area contributed by atoms with Gasteiger partial charge in [0.2, 0.25) is 5.78 Å². The van der Waals surface area contributed by atoms with Crippen molar-refractivity contribution in [3.05, 3.63) is 77.3 Å². The van der Waals surface area contributed by atoms with Gasteiger partial charge in [-0.2, -0.15) is 0 Å². The smallest absolute Gasteiger partial charge is 0.290 e.